The first-order valence-electron chi connectivity index (χ1n) is 7.59. The Hall–Kier alpha value is -0.870. The summed E-state index contributed by atoms with van der Waals surface area (Å²) in [6, 6.07) is 0.699. The Balaban J connectivity index is 1.63. The van der Waals surface area contributed by atoms with Crippen molar-refractivity contribution in [1.29, 1.82) is 0 Å². The topological polar surface area (TPSA) is 33.1 Å². The second kappa shape index (κ2) is 5.25. The van der Waals surface area contributed by atoms with Crippen LogP contribution in [0.2, 0.25) is 0 Å². The maximum Gasteiger partial charge on any atom is 0.105 e. The van der Waals surface area contributed by atoms with Crippen molar-refractivity contribution in [3.63, 3.8) is 0 Å². The molecule has 0 radical (unpaired) electrons. The van der Waals surface area contributed by atoms with Gasteiger partial charge in [-0.15, -0.1) is 0 Å². The summed E-state index contributed by atoms with van der Waals surface area (Å²) < 4.78 is 2.30. The molecular weight excluding hydrogens is 236 g/mol. The summed E-state index contributed by atoms with van der Waals surface area (Å²) in [6.07, 6.45) is 8.03. The van der Waals surface area contributed by atoms with E-state index in [0.717, 1.165) is 12.4 Å². The normalized spacial score (nSPS) is 32.2. The molecule has 1 aromatic rings. The van der Waals surface area contributed by atoms with Gasteiger partial charge in [-0.3, -0.25) is 4.90 Å². The molecule has 3 rings (SSSR count). The third-order valence-corrected chi connectivity index (χ3v) is 4.87. The number of nitrogens with one attached hydrogen (secondary N) is 1. The van der Waals surface area contributed by atoms with Gasteiger partial charge in [0.15, 0.2) is 0 Å². The Morgan fingerprint density at radius 1 is 1.53 bits per heavy atom. The Labute approximate surface area is 116 Å². The molecule has 2 unspecified atom stereocenters. The smallest absolute Gasteiger partial charge is 0.105 e. The van der Waals surface area contributed by atoms with Gasteiger partial charge in [0.25, 0.3) is 0 Å². The van der Waals surface area contributed by atoms with Crippen LogP contribution in [0.3, 0.4) is 0 Å². The van der Waals surface area contributed by atoms with Crippen molar-refractivity contribution in [2.45, 2.75) is 45.7 Å². The highest BCUT2D eigenvalue weighted by atomic mass is 15.2. The minimum atomic E-state index is 0.479. The van der Waals surface area contributed by atoms with E-state index in [9.17, 15) is 0 Å². The van der Waals surface area contributed by atoms with Crippen molar-refractivity contribution < 1.29 is 0 Å². The fourth-order valence-corrected chi connectivity index (χ4v) is 3.63. The number of aryl methyl sites for hydroxylation is 1. The first-order chi connectivity index (χ1) is 9.16. The van der Waals surface area contributed by atoms with Crippen LogP contribution in [0.25, 0.3) is 0 Å². The summed E-state index contributed by atoms with van der Waals surface area (Å²) in [4.78, 5) is 7.05. The van der Waals surface area contributed by atoms with E-state index in [4.69, 9.17) is 0 Å². The molecule has 2 fully saturated rings. The Kier molecular flexibility index (Phi) is 3.63. The highest BCUT2D eigenvalue weighted by molar-refractivity contribution is 4.94. The predicted octanol–water partition coefficient (Wildman–Crippen LogP) is 1.66. The summed E-state index contributed by atoms with van der Waals surface area (Å²) in [5.41, 5.74) is 0.479. The monoisotopic (exact) mass is 262 g/mol. The van der Waals surface area contributed by atoms with E-state index in [1.165, 1.54) is 45.4 Å². The van der Waals surface area contributed by atoms with Crippen LogP contribution in [0.5, 0.6) is 0 Å². The van der Waals surface area contributed by atoms with Crippen LogP contribution in [0.15, 0.2) is 12.4 Å². The minimum Gasteiger partial charge on any atom is -0.334 e. The Morgan fingerprint density at radius 3 is 3.11 bits per heavy atom. The molecule has 0 aliphatic carbocycles. The molecule has 0 spiro atoms. The first kappa shape index (κ1) is 13.1. The summed E-state index contributed by atoms with van der Waals surface area (Å²) in [6.45, 7) is 10.5. The van der Waals surface area contributed by atoms with E-state index in [1.54, 1.807) is 0 Å². The van der Waals surface area contributed by atoms with E-state index >= 15 is 0 Å². The van der Waals surface area contributed by atoms with Crippen molar-refractivity contribution in [1.82, 2.24) is 19.8 Å². The summed E-state index contributed by atoms with van der Waals surface area (Å²) in [5, 5.41) is 3.51. The third-order valence-electron chi connectivity index (χ3n) is 4.87. The minimum absolute atomic E-state index is 0.479. The maximum absolute atomic E-state index is 4.34. The molecule has 0 aromatic carbocycles. The van der Waals surface area contributed by atoms with Gasteiger partial charge < -0.3 is 9.88 Å². The largest absolute Gasteiger partial charge is 0.334 e. The number of nitrogens with zero attached hydrogens (tertiary/aromatic N) is 3. The third kappa shape index (κ3) is 2.84. The van der Waals surface area contributed by atoms with Gasteiger partial charge in [-0.25, -0.2) is 4.98 Å². The highest BCUT2D eigenvalue weighted by Gasteiger charge is 2.34. The second-order valence-corrected chi connectivity index (χ2v) is 6.63. The molecule has 0 amide bonds. The molecule has 2 atom stereocenters. The number of rotatable bonds is 4. The van der Waals surface area contributed by atoms with Crippen LogP contribution >= 0.6 is 0 Å². The van der Waals surface area contributed by atoms with Gasteiger partial charge in [-0.1, -0.05) is 6.92 Å². The van der Waals surface area contributed by atoms with Gasteiger partial charge >= 0.3 is 0 Å². The van der Waals surface area contributed by atoms with Crippen LogP contribution in [0, 0.1) is 12.3 Å². The summed E-state index contributed by atoms with van der Waals surface area (Å²) in [5.74, 6) is 1.14. The number of aromatic nitrogens is 2. The van der Waals surface area contributed by atoms with Crippen LogP contribution in [-0.4, -0.2) is 46.7 Å². The van der Waals surface area contributed by atoms with Gasteiger partial charge in [-0.05, 0) is 44.7 Å². The zero-order valence-corrected chi connectivity index (χ0v) is 12.2. The molecule has 2 aliphatic rings. The summed E-state index contributed by atoms with van der Waals surface area (Å²) in [7, 11) is 0. The van der Waals surface area contributed by atoms with Crippen molar-refractivity contribution in [2.24, 2.45) is 5.41 Å². The highest BCUT2D eigenvalue weighted by Crippen LogP contribution is 2.30. The SMILES string of the molecule is Cc1nccn1CC1CCCN1CC1(C)CCNC1. The second-order valence-electron chi connectivity index (χ2n) is 6.63. The number of likely N-dealkylation sites (tertiary alicyclic amines) is 1. The van der Waals surface area contributed by atoms with Crippen LogP contribution < -0.4 is 5.32 Å². The quantitative estimate of drug-likeness (QED) is 0.896. The van der Waals surface area contributed by atoms with Gasteiger partial charge in [-0.2, -0.15) is 0 Å². The molecule has 4 heteroatoms. The molecule has 0 bridgehead atoms. The average molecular weight is 262 g/mol. The van der Waals surface area contributed by atoms with E-state index in [-0.39, 0.29) is 0 Å². The van der Waals surface area contributed by atoms with E-state index in [0.29, 0.717) is 11.5 Å². The number of imidazole rings is 1. The predicted molar refractivity (Wildman–Crippen MR) is 77.2 cm³/mol. The van der Waals surface area contributed by atoms with Crippen molar-refractivity contribution in [2.75, 3.05) is 26.2 Å². The van der Waals surface area contributed by atoms with E-state index in [2.05, 4.69) is 39.8 Å². The molecule has 19 heavy (non-hydrogen) atoms. The van der Waals surface area contributed by atoms with Crippen molar-refractivity contribution >= 4 is 0 Å². The molecule has 106 valence electrons. The molecule has 3 heterocycles. The van der Waals surface area contributed by atoms with Crippen LogP contribution in [-0.2, 0) is 6.54 Å². The molecule has 1 N–H and O–H groups in total. The number of hydrogen-bond acceptors (Lipinski definition) is 3. The zero-order valence-electron chi connectivity index (χ0n) is 12.2. The first-order valence-corrected chi connectivity index (χ1v) is 7.59. The lowest BCUT2D eigenvalue weighted by Gasteiger charge is -2.33. The molecule has 1 aromatic heterocycles. The van der Waals surface area contributed by atoms with E-state index in [1.807, 2.05) is 6.20 Å². The fraction of sp³-hybridized carbons (Fsp3) is 0.800. The van der Waals surface area contributed by atoms with Gasteiger partial charge in [0.05, 0.1) is 0 Å². The summed E-state index contributed by atoms with van der Waals surface area (Å²) >= 11 is 0. The zero-order chi connectivity index (χ0) is 13.3. The van der Waals surface area contributed by atoms with Crippen molar-refractivity contribution in [3.05, 3.63) is 18.2 Å². The lowest BCUT2D eigenvalue weighted by molar-refractivity contribution is 0.154. The molecule has 2 saturated heterocycles. The molecule has 2 aliphatic heterocycles. The lowest BCUT2D eigenvalue weighted by atomic mass is 9.89. The fourth-order valence-electron chi connectivity index (χ4n) is 3.63. The van der Waals surface area contributed by atoms with Gasteiger partial charge in [0, 0.05) is 38.1 Å². The van der Waals surface area contributed by atoms with Crippen molar-refractivity contribution in [3.8, 4) is 0 Å². The Bertz CT molecular complexity index is 420. The van der Waals surface area contributed by atoms with Crippen LogP contribution in [0.4, 0.5) is 0 Å². The lowest BCUT2D eigenvalue weighted by Crippen LogP contribution is -2.41. The number of hydrogen-bond donors (Lipinski definition) is 1. The average Bonchev–Trinajstić information content (AvgIpc) is 3.06. The standard InChI is InChI=1S/C15H26N4/c1-13-17-7-9-18(13)10-14-4-3-8-19(14)12-15(2)5-6-16-11-15/h7,9,14,16H,3-6,8,10-12H2,1-2H3. The molecule has 4 nitrogen and oxygen atoms in total. The van der Waals surface area contributed by atoms with E-state index < -0.39 is 0 Å². The van der Waals surface area contributed by atoms with Crippen LogP contribution in [0.1, 0.15) is 32.0 Å². The molecular formula is C15H26N4. The van der Waals surface area contributed by atoms with Gasteiger partial charge in [0.1, 0.15) is 5.82 Å². The maximum atomic E-state index is 4.34. The van der Waals surface area contributed by atoms with Gasteiger partial charge in [0.2, 0.25) is 0 Å². The molecule has 0 saturated carbocycles. The Morgan fingerprint density at radius 2 is 2.42 bits per heavy atom.